The Kier molecular flexibility index (Phi) is 5.94. The number of hydrogen-bond donors (Lipinski definition) is 0. The molecule has 24 heavy (non-hydrogen) atoms. The standard InChI is InChI=1S/C21H37IO2/c1-20(2,3)23-9-7-15-12-16-13-18(15)19-11-14(10-17(16)19)6-8-24-21(4,5)22/h14-19H,6-13H2,1-5H3/t14-,15?,16?,17?,18?,19?/m1/s1. The second-order valence-corrected chi connectivity index (χ2v) is 12.7. The highest BCUT2D eigenvalue weighted by atomic mass is 127. The van der Waals surface area contributed by atoms with Crippen LogP contribution < -0.4 is 0 Å². The number of hydrogen-bond acceptors (Lipinski definition) is 2. The summed E-state index contributed by atoms with van der Waals surface area (Å²) in [4.78, 5) is 0. The van der Waals surface area contributed by atoms with Crippen LogP contribution in [-0.4, -0.2) is 22.4 Å². The molecule has 140 valence electrons. The van der Waals surface area contributed by atoms with Crippen LogP contribution in [0.15, 0.2) is 0 Å². The quantitative estimate of drug-likeness (QED) is 0.348. The van der Waals surface area contributed by atoms with Crippen LogP contribution in [-0.2, 0) is 9.47 Å². The molecule has 0 aliphatic heterocycles. The molecule has 3 aliphatic carbocycles. The van der Waals surface area contributed by atoms with Crippen molar-refractivity contribution in [1.29, 1.82) is 0 Å². The lowest BCUT2D eigenvalue weighted by atomic mass is 9.75. The Morgan fingerprint density at radius 1 is 0.792 bits per heavy atom. The summed E-state index contributed by atoms with van der Waals surface area (Å²) in [6.07, 6.45) is 8.55. The molecule has 0 saturated heterocycles. The summed E-state index contributed by atoms with van der Waals surface area (Å²) in [7, 11) is 0. The van der Waals surface area contributed by atoms with E-state index in [-0.39, 0.29) is 9.21 Å². The smallest absolute Gasteiger partial charge is 0.113 e. The normalized spacial score (nSPS) is 38.8. The second-order valence-electron chi connectivity index (χ2n) is 10.1. The van der Waals surface area contributed by atoms with Crippen molar-refractivity contribution in [2.24, 2.45) is 35.5 Å². The molecule has 0 radical (unpaired) electrons. The predicted octanol–water partition coefficient (Wildman–Crippen LogP) is 6.07. The van der Waals surface area contributed by atoms with Crippen molar-refractivity contribution in [3.8, 4) is 0 Å². The van der Waals surface area contributed by atoms with E-state index in [9.17, 15) is 0 Å². The highest BCUT2D eigenvalue weighted by Crippen LogP contribution is 2.63. The lowest BCUT2D eigenvalue weighted by Crippen LogP contribution is -2.27. The number of alkyl halides is 1. The summed E-state index contributed by atoms with van der Waals surface area (Å²) < 4.78 is 11.9. The van der Waals surface area contributed by atoms with E-state index in [4.69, 9.17) is 9.47 Å². The first kappa shape index (κ1) is 19.4. The van der Waals surface area contributed by atoms with E-state index in [0.29, 0.717) is 0 Å². The molecule has 5 unspecified atom stereocenters. The lowest BCUT2D eigenvalue weighted by molar-refractivity contribution is -0.0146. The summed E-state index contributed by atoms with van der Waals surface area (Å²) in [6.45, 7) is 12.7. The van der Waals surface area contributed by atoms with Gasteiger partial charge in [-0.3, -0.25) is 0 Å². The highest BCUT2D eigenvalue weighted by molar-refractivity contribution is 14.1. The molecular formula is C21H37IO2. The number of fused-ring (bicyclic) bond motifs is 5. The third-order valence-electron chi connectivity index (χ3n) is 6.70. The van der Waals surface area contributed by atoms with E-state index in [1.165, 1.54) is 38.5 Å². The minimum absolute atomic E-state index is 0.0105. The van der Waals surface area contributed by atoms with Gasteiger partial charge in [-0.05, 0) is 131 Å². The second kappa shape index (κ2) is 7.34. The molecule has 0 amide bonds. The Bertz CT molecular complexity index is 423. The highest BCUT2D eigenvalue weighted by Gasteiger charge is 2.55. The van der Waals surface area contributed by atoms with Gasteiger partial charge >= 0.3 is 0 Å². The van der Waals surface area contributed by atoms with Gasteiger partial charge in [0.2, 0.25) is 0 Å². The van der Waals surface area contributed by atoms with E-state index < -0.39 is 0 Å². The van der Waals surface area contributed by atoms with Gasteiger partial charge in [0.15, 0.2) is 0 Å². The zero-order valence-corrected chi connectivity index (χ0v) is 18.5. The Balaban J connectivity index is 1.43. The maximum atomic E-state index is 6.00. The monoisotopic (exact) mass is 448 g/mol. The first-order valence-electron chi connectivity index (χ1n) is 10.1. The molecule has 3 fully saturated rings. The Morgan fingerprint density at radius 2 is 1.46 bits per heavy atom. The fraction of sp³-hybridized carbons (Fsp3) is 1.00. The summed E-state index contributed by atoms with van der Waals surface area (Å²) in [5, 5.41) is 0. The molecule has 0 aromatic heterocycles. The first-order valence-corrected chi connectivity index (χ1v) is 11.2. The van der Waals surface area contributed by atoms with Gasteiger partial charge in [-0.25, -0.2) is 0 Å². The van der Waals surface area contributed by atoms with Gasteiger partial charge in [-0.15, -0.1) is 0 Å². The lowest BCUT2D eigenvalue weighted by Gasteiger charge is -2.32. The maximum Gasteiger partial charge on any atom is 0.113 e. The van der Waals surface area contributed by atoms with E-state index in [1.807, 2.05) is 0 Å². The van der Waals surface area contributed by atoms with Gasteiger partial charge in [0.25, 0.3) is 0 Å². The van der Waals surface area contributed by atoms with Crippen molar-refractivity contribution in [2.45, 2.75) is 82.4 Å². The molecule has 3 saturated carbocycles. The Labute approximate surface area is 163 Å². The van der Waals surface area contributed by atoms with Crippen molar-refractivity contribution < 1.29 is 9.47 Å². The molecule has 3 aliphatic rings. The molecule has 0 aromatic rings. The summed E-state index contributed by atoms with van der Waals surface area (Å²) >= 11 is 2.39. The predicted molar refractivity (Wildman–Crippen MR) is 108 cm³/mol. The fourth-order valence-corrected chi connectivity index (χ4v) is 6.10. The van der Waals surface area contributed by atoms with Crippen LogP contribution in [0.2, 0.25) is 0 Å². The number of ether oxygens (including phenoxy) is 2. The van der Waals surface area contributed by atoms with Gasteiger partial charge in [0.1, 0.15) is 3.61 Å². The van der Waals surface area contributed by atoms with Crippen LogP contribution in [0.25, 0.3) is 0 Å². The van der Waals surface area contributed by atoms with Crippen LogP contribution >= 0.6 is 22.6 Å². The number of rotatable bonds is 7. The zero-order chi connectivity index (χ0) is 17.5. The SMILES string of the molecule is CC(C)(C)OCCC1CC2CC1C1C[C@H](CCOC(C)(C)I)CC21. The van der Waals surface area contributed by atoms with Crippen LogP contribution in [0.5, 0.6) is 0 Å². The molecule has 3 rings (SSSR count). The molecule has 3 heteroatoms. The minimum Gasteiger partial charge on any atom is -0.376 e. The molecule has 0 N–H and O–H groups in total. The Morgan fingerprint density at radius 3 is 2.12 bits per heavy atom. The molecule has 0 spiro atoms. The van der Waals surface area contributed by atoms with E-state index in [2.05, 4.69) is 57.2 Å². The van der Waals surface area contributed by atoms with E-state index in [0.717, 1.165) is 48.7 Å². The van der Waals surface area contributed by atoms with Crippen LogP contribution in [0, 0.1) is 35.5 Å². The molecule has 0 heterocycles. The van der Waals surface area contributed by atoms with Crippen molar-refractivity contribution in [1.82, 2.24) is 0 Å². The summed E-state index contributed by atoms with van der Waals surface area (Å²) in [5.74, 6) is 5.99. The average Bonchev–Trinajstić information content (AvgIpc) is 3.05. The maximum absolute atomic E-state index is 6.00. The van der Waals surface area contributed by atoms with Crippen molar-refractivity contribution >= 4 is 22.6 Å². The van der Waals surface area contributed by atoms with Gasteiger partial charge in [0.05, 0.1) is 5.60 Å². The van der Waals surface area contributed by atoms with Crippen molar-refractivity contribution in [3.05, 3.63) is 0 Å². The Hall–Kier alpha value is 0.650. The van der Waals surface area contributed by atoms with Crippen molar-refractivity contribution in [2.75, 3.05) is 13.2 Å². The molecule has 2 bridgehead atoms. The topological polar surface area (TPSA) is 18.5 Å². The van der Waals surface area contributed by atoms with Crippen LogP contribution in [0.4, 0.5) is 0 Å². The van der Waals surface area contributed by atoms with E-state index >= 15 is 0 Å². The summed E-state index contributed by atoms with van der Waals surface area (Å²) in [5.41, 5.74) is 0.0189. The van der Waals surface area contributed by atoms with Crippen LogP contribution in [0.3, 0.4) is 0 Å². The largest absolute Gasteiger partial charge is 0.376 e. The first-order chi connectivity index (χ1) is 11.1. The minimum atomic E-state index is -0.0105. The van der Waals surface area contributed by atoms with Gasteiger partial charge < -0.3 is 9.47 Å². The van der Waals surface area contributed by atoms with Gasteiger partial charge in [-0.2, -0.15) is 0 Å². The van der Waals surface area contributed by atoms with Gasteiger partial charge in [-0.1, -0.05) is 0 Å². The third-order valence-corrected chi connectivity index (χ3v) is 7.01. The molecule has 6 atom stereocenters. The summed E-state index contributed by atoms with van der Waals surface area (Å²) in [6, 6.07) is 0. The van der Waals surface area contributed by atoms with E-state index in [1.54, 1.807) is 0 Å². The van der Waals surface area contributed by atoms with Crippen molar-refractivity contribution in [3.63, 3.8) is 0 Å². The van der Waals surface area contributed by atoms with Crippen LogP contribution in [0.1, 0.15) is 73.1 Å². The molecular weight excluding hydrogens is 411 g/mol. The fourth-order valence-electron chi connectivity index (χ4n) is 5.88. The average molecular weight is 448 g/mol. The zero-order valence-electron chi connectivity index (χ0n) is 16.3. The van der Waals surface area contributed by atoms with Gasteiger partial charge in [0, 0.05) is 13.2 Å². The number of halogens is 1. The molecule has 0 aromatic carbocycles. The third kappa shape index (κ3) is 4.88. The molecule has 2 nitrogen and oxygen atoms in total.